The molecule has 1 aliphatic heterocycles. The molecule has 3 heterocycles. The molecule has 0 radical (unpaired) electrons. The smallest absolute Gasteiger partial charge is 0.261 e. The summed E-state index contributed by atoms with van der Waals surface area (Å²) in [5.41, 5.74) is 0.853. The van der Waals surface area contributed by atoms with Crippen molar-refractivity contribution in [3.8, 4) is 0 Å². The summed E-state index contributed by atoms with van der Waals surface area (Å²) >= 11 is 1.48. The third-order valence-electron chi connectivity index (χ3n) is 4.56. The number of carbonyl (C=O) groups excluding carboxylic acids is 2. The number of nitrogens with one attached hydrogen (secondary N) is 1. The van der Waals surface area contributed by atoms with Crippen LogP contribution in [0, 0.1) is 0 Å². The number of hydrogen-bond acceptors (Lipinski definition) is 5. The molecule has 27 heavy (non-hydrogen) atoms. The quantitative estimate of drug-likeness (QED) is 0.744. The number of nitrogens with zero attached hydrogens (tertiary/aromatic N) is 3. The number of allylic oxidation sites excluding steroid dienone is 1. The molecule has 1 atom stereocenters. The van der Waals surface area contributed by atoms with Crippen molar-refractivity contribution in [3.63, 3.8) is 0 Å². The van der Waals surface area contributed by atoms with Crippen LogP contribution >= 0.6 is 11.3 Å². The molecular formula is C20H24N4O2S. The number of likely N-dealkylation sites (tertiary alicyclic amines) is 1. The van der Waals surface area contributed by atoms with Crippen molar-refractivity contribution in [2.75, 3.05) is 13.1 Å². The highest BCUT2D eigenvalue weighted by Gasteiger charge is 2.30. The lowest BCUT2D eigenvalue weighted by Gasteiger charge is -2.23. The van der Waals surface area contributed by atoms with Crippen LogP contribution in [0.5, 0.6) is 0 Å². The van der Waals surface area contributed by atoms with Gasteiger partial charge in [-0.3, -0.25) is 19.6 Å². The Morgan fingerprint density at radius 3 is 3.04 bits per heavy atom. The van der Waals surface area contributed by atoms with E-state index in [1.165, 1.54) is 11.3 Å². The van der Waals surface area contributed by atoms with E-state index in [1.54, 1.807) is 18.6 Å². The summed E-state index contributed by atoms with van der Waals surface area (Å²) in [7, 11) is 0. The zero-order valence-corrected chi connectivity index (χ0v) is 16.2. The van der Waals surface area contributed by atoms with E-state index >= 15 is 0 Å². The van der Waals surface area contributed by atoms with Gasteiger partial charge < -0.3 is 10.2 Å². The molecule has 6 nitrogen and oxygen atoms in total. The summed E-state index contributed by atoms with van der Waals surface area (Å²) < 4.78 is 0. The van der Waals surface area contributed by atoms with E-state index in [0.717, 1.165) is 30.0 Å². The third kappa shape index (κ3) is 5.01. The number of carbonyl (C=O) groups is 2. The molecule has 1 N–H and O–H groups in total. The Labute approximate surface area is 163 Å². The first kappa shape index (κ1) is 19.2. The van der Waals surface area contributed by atoms with Crippen LogP contribution in [-0.2, 0) is 11.2 Å². The maximum Gasteiger partial charge on any atom is 0.261 e. The minimum absolute atomic E-state index is 0.0834. The standard InChI is InChI=1S/C20H24N4O2S/c1-2-3-6-19(25)24-13-4-5-16(24)17-7-8-18(27-17)20(26)23-10-9-15-14-21-11-12-22-15/h2-3,7-8,11-12,14,16H,4-6,9-10,13H2,1H3,(H,23,26)/b3-2+/t16-/m0/s1. The van der Waals surface area contributed by atoms with Gasteiger partial charge in [-0.25, -0.2) is 0 Å². The van der Waals surface area contributed by atoms with E-state index in [1.807, 2.05) is 36.1 Å². The van der Waals surface area contributed by atoms with Gasteiger partial charge in [0.2, 0.25) is 5.91 Å². The minimum Gasteiger partial charge on any atom is -0.351 e. The van der Waals surface area contributed by atoms with E-state index in [2.05, 4.69) is 15.3 Å². The summed E-state index contributed by atoms with van der Waals surface area (Å²) in [6, 6.07) is 3.92. The Morgan fingerprint density at radius 2 is 2.26 bits per heavy atom. The maximum absolute atomic E-state index is 12.4. The number of hydrogen-bond donors (Lipinski definition) is 1. The molecule has 0 aliphatic carbocycles. The van der Waals surface area contributed by atoms with Crippen molar-refractivity contribution >= 4 is 23.2 Å². The Kier molecular flexibility index (Phi) is 6.70. The van der Waals surface area contributed by atoms with Crippen molar-refractivity contribution in [1.29, 1.82) is 0 Å². The van der Waals surface area contributed by atoms with Crippen LogP contribution in [0.2, 0.25) is 0 Å². The van der Waals surface area contributed by atoms with Crippen LogP contribution in [0.1, 0.15) is 52.5 Å². The lowest BCUT2D eigenvalue weighted by molar-refractivity contribution is -0.131. The predicted octanol–water partition coefficient (Wildman–Crippen LogP) is 3.14. The van der Waals surface area contributed by atoms with Gasteiger partial charge in [-0.1, -0.05) is 12.2 Å². The van der Waals surface area contributed by atoms with Gasteiger partial charge in [0, 0.05) is 49.4 Å². The first-order valence-corrected chi connectivity index (χ1v) is 10.0. The maximum atomic E-state index is 12.4. The van der Waals surface area contributed by atoms with Crippen LogP contribution < -0.4 is 5.32 Å². The zero-order chi connectivity index (χ0) is 19.1. The van der Waals surface area contributed by atoms with E-state index in [9.17, 15) is 9.59 Å². The van der Waals surface area contributed by atoms with Gasteiger partial charge in [0.25, 0.3) is 5.91 Å². The van der Waals surface area contributed by atoms with Crippen molar-refractivity contribution in [2.45, 2.75) is 38.6 Å². The molecule has 142 valence electrons. The van der Waals surface area contributed by atoms with Gasteiger partial charge in [-0.15, -0.1) is 11.3 Å². The molecule has 2 amide bonds. The molecule has 0 aromatic carbocycles. The normalized spacial score (nSPS) is 16.8. The fourth-order valence-corrected chi connectivity index (χ4v) is 4.27. The van der Waals surface area contributed by atoms with E-state index < -0.39 is 0 Å². The highest BCUT2D eigenvalue weighted by atomic mass is 32.1. The first-order chi connectivity index (χ1) is 13.2. The highest BCUT2D eigenvalue weighted by molar-refractivity contribution is 7.14. The van der Waals surface area contributed by atoms with E-state index in [-0.39, 0.29) is 17.9 Å². The summed E-state index contributed by atoms with van der Waals surface area (Å²) in [5.74, 6) is 0.0684. The molecular weight excluding hydrogens is 360 g/mol. The number of thiophene rings is 1. The molecule has 0 spiro atoms. The Morgan fingerprint density at radius 1 is 1.37 bits per heavy atom. The van der Waals surface area contributed by atoms with Crippen molar-refractivity contribution in [3.05, 3.63) is 58.3 Å². The van der Waals surface area contributed by atoms with Crippen LogP contribution in [-0.4, -0.2) is 39.8 Å². The average Bonchev–Trinajstić information content (AvgIpc) is 3.36. The average molecular weight is 385 g/mol. The SMILES string of the molecule is C/C=C/CC(=O)N1CCC[C@H]1c1ccc(C(=O)NCCc2cnccn2)s1. The van der Waals surface area contributed by atoms with Crippen molar-refractivity contribution in [1.82, 2.24) is 20.2 Å². The van der Waals surface area contributed by atoms with Gasteiger partial charge in [0.05, 0.1) is 16.6 Å². The second-order valence-electron chi connectivity index (χ2n) is 6.42. The summed E-state index contributed by atoms with van der Waals surface area (Å²) in [6.45, 7) is 3.23. The third-order valence-corrected chi connectivity index (χ3v) is 5.75. The largest absolute Gasteiger partial charge is 0.351 e. The molecule has 3 rings (SSSR count). The second kappa shape index (κ2) is 9.41. The molecule has 0 unspecified atom stereocenters. The predicted molar refractivity (Wildman–Crippen MR) is 106 cm³/mol. The molecule has 0 saturated carbocycles. The van der Waals surface area contributed by atoms with E-state index in [0.29, 0.717) is 24.3 Å². The molecule has 1 fully saturated rings. The fourth-order valence-electron chi connectivity index (χ4n) is 3.20. The highest BCUT2D eigenvalue weighted by Crippen LogP contribution is 2.36. The van der Waals surface area contributed by atoms with Crippen LogP contribution in [0.4, 0.5) is 0 Å². The lowest BCUT2D eigenvalue weighted by Crippen LogP contribution is -2.29. The Bertz CT molecular complexity index is 803. The Hall–Kier alpha value is -2.54. The molecule has 0 bridgehead atoms. The molecule has 7 heteroatoms. The number of aromatic nitrogens is 2. The number of amides is 2. The van der Waals surface area contributed by atoms with Gasteiger partial charge in [-0.05, 0) is 31.9 Å². The monoisotopic (exact) mass is 384 g/mol. The second-order valence-corrected chi connectivity index (χ2v) is 7.54. The van der Waals surface area contributed by atoms with Gasteiger partial charge in [0.1, 0.15) is 0 Å². The van der Waals surface area contributed by atoms with Crippen LogP contribution in [0.3, 0.4) is 0 Å². The molecule has 2 aromatic heterocycles. The fraction of sp³-hybridized carbons (Fsp3) is 0.400. The summed E-state index contributed by atoms with van der Waals surface area (Å²) in [5, 5.41) is 2.93. The van der Waals surface area contributed by atoms with Crippen molar-refractivity contribution < 1.29 is 9.59 Å². The first-order valence-electron chi connectivity index (χ1n) is 9.22. The van der Waals surface area contributed by atoms with Gasteiger partial charge >= 0.3 is 0 Å². The summed E-state index contributed by atoms with van der Waals surface area (Å²) in [4.78, 5) is 36.7. The van der Waals surface area contributed by atoms with E-state index in [4.69, 9.17) is 0 Å². The summed E-state index contributed by atoms with van der Waals surface area (Å²) in [6.07, 6.45) is 11.8. The van der Waals surface area contributed by atoms with Crippen molar-refractivity contribution in [2.24, 2.45) is 0 Å². The molecule has 2 aromatic rings. The minimum atomic E-state index is -0.0834. The van der Waals surface area contributed by atoms with Crippen LogP contribution in [0.15, 0.2) is 42.9 Å². The Balaban J connectivity index is 1.56. The zero-order valence-electron chi connectivity index (χ0n) is 15.4. The van der Waals surface area contributed by atoms with Gasteiger partial charge in [0.15, 0.2) is 0 Å². The topological polar surface area (TPSA) is 75.2 Å². The van der Waals surface area contributed by atoms with Crippen LogP contribution in [0.25, 0.3) is 0 Å². The molecule has 1 saturated heterocycles. The lowest BCUT2D eigenvalue weighted by atomic mass is 10.2. The number of rotatable bonds is 7. The molecule has 1 aliphatic rings. The van der Waals surface area contributed by atoms with Gasteiger partial charge in [-0.2, -0.15) is 0 Å².